The number of aliphatic hydroxyl groups is 1. The molecule has 0 aromatic rings. The third-order valence-electron chi connectivity index (χ3n) is 4.28. The maximum absolute atomic E-state index is 9.64. The van der Waals surface area contributed by atoms with Gasteiger partial charge in [0.05, 0.1) is 24.9 Å². The van der Waals surface area contributed by atoms with E-state index in [9.17, 15) is 5.11 Å². The number of nitriles is 1. The molecule has 3 aliphatic rings. The van der Waals surface area contributed by atoms with Crippen molar-refractivity contribution in [3.05, 3.63) is 0 Å². The van der Waals surface area contributed by atoms with Gasteiger partial charge in [-0.2, -0.15) is 5.26 Å². The molecule has 0 aromatic carbocycles. The average molecular weight is 253 g/mol. The van der Waals surface area contributed by atoms with Gasteiger partial charge in [0.2, 0.25) is 0 Å². The van der Waals surface area contributed by atoms with Gasteiger partial charge >= 0.3 is 0 Å². The third kappa shape index (κ3) is 1.94. The first kappa shape index (κ1) is 12.4. The highest BCUT2D eigenvalue weighted by atomic mass is 16.7. The molecule has 18 heavy (non-hydrogen) atoms. The highest BCUT2D eigenvalue weighted by Crippen LogP contribution is 2.46. The van der Waals surface area contributed by atoms with Gasteiger partial charge in [0.15, 0.2) is 6.29 Å². The van der Waals surface area contributed by atoms with Gasteiger partial charge in [-0.05, 0) is 26.2 Å². The van der Waals surface area contributed by atoms with Gasteiger partial charge in [-0.1, -0.05) is 0 Å². The van der Waals surface area contributed by atoms with Crippen LogP contribution in [0.3, 0.4) is 0 Å². The van der Waals surface area contributed by atoms with Crippen LogP contribution >= 0.6 is 0 Å². The van der Waals surface area contributed by atoms with Crippen LogP contribution in [0, 0.1) is 17.2 Å². The summed E-state index contributed by atoms with van der Waals surface area (Å²) in [6.07, 6.45) is 2.38. The Morgan fingerprint density at radius 3 is 3.11 bits per heavy atom. The number of fused-ring (bicyclic) bond motifs is 1. The van der Waals surface area contributed by atoms with E-state index in [-0.39, 0.29) is 29.8 Å². The Balaban J connectivity index is 1.69. The van der Waals surface area contributed by atoms with E-state index in [2.05, 4.69) is 6.07 Å². The number of aliphatic hydroxyl groups excluding tert-OH is 1. The largest absolute Gasteiger partial charge is 0.366 e. The second-order valence-electron chi connectivity index (χ2n) is 5.72. The van der Waals surface area contributed by atoms with E-state index < -0.39 is 6.29 Å². The first-order chi connectivity index (χ1) is 8.63. The summed E-state index contributed by atoms with van der Waals surface area (Å²) >= 11 is 0. The molecule has 1 N–H and O–H groups in total. The highest BCUT2D eigenvalue weighted by molar-refractivity contribution is 5.04. The molecule has 6 atom stereocenters. The van der Waals surface area contributed by atoms with E-state index in [0.717, 1.165) is 19.3 Å². The van der Waals surface area contributed by atoms with E-state index in [1.54, 1.807) is 0 Å². The maximum Gasteiger partial charge on any atom is 0.181 e. The van der Waals surface area contributed by atoms with Crippen molar-refractivity contribution in [1.29, 1.82) is 5.26 Å². The van der Waals surface area contributed by atoms with Crippen molar-refractivity contribution in [1.82, 2.24) is 0 Å². The van der Waals surface area contributed by atoms with Crippen LogP contribution in [0.5, 0.6) is 0 Å². The molecule has 3 fully saturated rings. The molecule has 0 radical (unpaired) electrons. The van der Waals surface area contributed by atoms with Gasteiger partial charge < -0.3 is 19.3 Å². The lowest BCUT2D eigenvalue weighted by molar-refractivity contribution is -0.223. The zero-order chi connectivity index (χ0) is 12.8. The van der Waals surface area contributed by atoms with Crippen molar-refractivity contribution in [3.63, 3.8) is 0 Å². The minimum absolute atomic E-state index is 0.0103. The summed E-state index contributed by atoms with van der Waals surface area (Å²) in [5, 5.41) is 18.5. The molecule has 0 saturated carbocycles. The molecule has 5 nitrogen and oxygen atoms in total. The summed E-state index contributed by atoms with van der Waals surface area (Å²) in [4.78, 5) is 0. The summed E-state index contributed by atoms with van der Waals surface area (Å²) in [7, 11) is 0. The maximum atomic E-state index is 9.64. The SMILES string of the molecule is C[C@@H](C#N)C[C@H]1CC[C@@H]2O[C@@H]3C[C@]2(COC3O)O1. The van der Waals surface area contributed by atoms with Crippen molar-refractivity contribution >= 4 is 0 Å². The Kier molecular flexibility index (Phi) is 3.07. The average Bonchev–Trinajstić information content (AvgIpc) is 2.68. The van der Waals surface area contributed by atoms with Crippen LogP contribution in [0.4, 0.5) is 0 Å². The Hall–Kier alpha value is -0.670. The smallest absolute Gasteiger partial charge is 0.181 e. The van der Waals surface area contributed by atoms with Crippen molar-refractivity contribution in [3.8, 4) is 6.07 Å². The summed E-state index contributed by atoms with van der Waals surface area (Å²) in [5.74, 6) is 0.0103. The minimum atomic E-state index is -0.818. The molecule has 0 aromatic heterocycles. The minimum Gasteiger partial charge on any atom is -0.366 e. The Morgan fingerprint density at radius 2 is 2.33 bits per heavy atom. The monoisotopic (exact) mass is 253 g/mol. The molecule has 0 amide bonds. The number of ether oxygens (including phenoxy) is 3. The summed E-state index contributed by atoms with van der Waals surface area (Å²) in [6.45, 7) is 2.31. The number of nitrogens with zero attached hydrogens (tertiary/aromatic N) is 1. The predicted octanol–water partition coefficient (Wildman–Crippen LogP) is 0.960. The molecular formula is C13H19NO4. The zero-order valence-corrected chi connectivity index (χ0v) is 10.5. The number of hydrogen-bond acceptors (Lipinski definition) is 5. The normalized spacial score (nSPS) is 48.3. The molecular weight excluding hydrogens is 234 g/mol. The van der Waals surface area contributed by atoms with Crippen LogP contribution in [0.25, 0.3) is 0 Å². The molecule has 2 bridgehead atoms. The fourth-order valence-corrected chi connectivity index (χ4v) is 3.34. The summed E-state index contributed by atoms with van der Waals surface area (Å²) in [5.41, 5.74) is -0.387. The van der Waals surface area contributed by atoms with Crippen LogP contribution in [0.2, 0.25) is 0 Å². The quantitative estimate of drug-likeness (QED) is 0.793. The van der Waals surface area contributed by atoms with E-state index in [4.69, 9.17) is 19.5 Å². The molecule has 3 saturated heterocycles. The van der Waals surface area contributed by atoms with Gasteiger partial charge in [-0.25, -0.2) is 0 Å². The standard InChI is InChI=1S/C13H19NO4/c1-8(6-14)4-9-2-3-11-13(18-9)5-10(17-11)12(15)16-7-13/h8-12,15H,2-5,7H2,1H3/t8-,9-,10-,11+,12?,13-/m1/s1. The molecule has 100 valence electrons. The topological polar surface area (TPSA) is 71.7 Å². The lowest BCUT2D eigenvalue weighted by Crippen LogP contribution is -2.54. The number of hydrogen-bond donors (Lipinski definition) is 1. The van der Waals surface area contributed by atoms with Crippen LogP contribution in [0.15, 0.2) is 0 Å². The van der Waals surface area contributed by atoms with Crippen molar-refractivity contribution in [2.45, 2.75) is 62.8 Å². The summed E-state index contributed by atoms with van der Waals surface area (Å²) in [6, 6.07) is 2.25. The summed E-state index contributed by atoms with van der Waals surface area (Å²) < 4.78 is 17.3. The fraction of sp³-hybridized carbons (Fsp3) is 0.923. The van der Waals surface area contributed by atoms with Gasteiger partial charge in [0.25, 0.3) is 0 Å². The molecule has 5 heteroatoms. The Morgan fingerprint density at radius 1 is 1.50 bits per heavy atom. The fourth-order valence-electron chi connectivity index (χ4n) is 3.34. The first-order valence-electron chi connectivity index (χ1n) is 6.65. The number of rotatable bonds is 2. The van der Waals surface area contributed by atoms with Crippen LogP contribution in [-0.4, -0.2) is 41.9 Å². The predicted molar refractivity (Wildman–Crippen MR) is 61.5 cm³/mol. The van der Waals surface area contributed by atoms with Gasteiger partial charge in [0.1, 0.15) is 11.7 Å². The van der Waals surface area contributed by atoms with E-state index in [0.29, 0.717) is 13.0 Å². The Bertz CT molecular complexity index is 368. The third-order valence-corrected chi connectivity index (χ3v) is 4.28. The second kappa shape index (κ2) is 4.46. The lowest BCUT2D eigenvalue weighted by Gasteiger charge is -2.43. The molecule has 1 unspecified atom stereocenters. The van der Waals surface area contributed by atoms with Crippen molar-refractivity contribution in [2.75, 3.05) is 6.61 Å². The lowest BCUT2D eigenvalue weighted by atomic mass is 9.84. The van der Waals surface area contributed by atoms with Gasteiger partial charge in [-0.3, -0.25) is 0 Å². The van der Waals surface area contributed by atoms with E-state index in [1.807, 2.05) is 6.92 Å². The molecule has 3 rings (SSSR count). The van der Waals surface area contributed by atoms with E-state index >= 15 is 0 Å². The van der Waals surface area contributed by atoms with Crippen LogP contribution in [-0.2, 0) is 14.2 Å². The van der Waals surface area contributed by atoms with Gasteiger partial charge in [-0.15, -0.1) is 0 Å². The molecule has 3 aliphatic heterocycles. The first-order valence-corrected chi connectivity index (χ1v) is 6.65. The second-order valence-corrected chi connectivity index (χ2v) is 5.72. The molecule has 0 aliphatic carbocycles. The zero-order valence-electron chi connectivity index (χ0n) is 10.5. The molecule has 3 heterocycles. The molecule has 1 spiro atoms. The van der Waals surface area contributed by atoms with Crippen molar-refractivity contribution in [2.24, 2.45) is 5.92 Å². The van der Waals surface area contributed by atoms with Crippen LogP contribution in [0.1, 0.15) is 32.6 Å². The highest BCUT2D eigenvalue weighted by Gasteiger charge is 2.58. The Labute approximate surface area is 107 Å². The van der Waals surface area contributed by atoms with E-state index in [1.165, 1.54) is 0 Å². The van der Waals surface area contributed by atoms with Gasteiger partial charge in [0, 0.05) is 12.3 Å². The van der Waals surface area contributed by atoms with Crippen LogP contribution < -0.4 is 0 Å². The van der Waals surface area contributed by atoms with Crippen molar-refractivity contribution < 1.29 is 19.3 Å².